The summed E-state index contributed by atoms with van der Waals surface area (Å²) in [7, 11) is 0. The van der Waals surface area contributed by atoms with E-state index >= 15 is 0 Å². The number of anilines is 1. The Morgan fingerprint density at radius 3 is 2.47 bits per heavy atom. The van der Waals surface area contributed by atoms with Crippen molar-refractivity contribution in [3.8, 4) is 0 Å². The molecule has 0 heterocycles. The van der Waals surface area contributed by atoms with E-state index in [1.165, 1.54) is 6.07 Å². The van der Waals surface area contributed by atoms with E-state index < -0.39 is 11.6 Å². The number of benzene rings is 1. The Morgan fingerprint density at radius 2 is 2.00 bits per heavy atom. The number of nitrogens with two attached hydrogens (primary N) is 1. The van der Waals surface area contributed by atoms with Crippen LogP contribution in [0.4, 0.5) is 5.69 Å². The first kappa shape index (κ1) is 11.9. The summed E-state index contributed by atoms with van der Waals surface area (Å²) in [6.45, 7) is 5.41. The van der Waals surface area contributed by atoms with Crippen molar-refractivity contribution in [3.05, 3.63) is 28.8 Å². The minimum Gasteiger partial charge on any atom is -0.456 e. The topological polar surface area (TPSA) is 52.3 Å². The zero-order valence-corrected chi connectivity index (χ0v) is 9.76. The van der Waals surface area contributed by atoms with Crippen molar-refractivity contribution in [1.82, 2.24) is 0 Å². The molecule has 1 aromatic rings. The van der Waals surface area contributed by atoms with Gasteiger partial charge in [-0.15, -0.1) is 0 Å². The highest BCUT2D eigenvalue weighted by atomic mass is 35.5. The highest BCUT2D eigenvalue weighted by Crippen LogP contribution is 2.20. The molecule has 0 aliphatic rings. The van der Waals surface area contributed by atoms with Crippen molar-refractivity contribution in [2.24, 2.45) is 0 Å². The fraction of sp³-hybridized carbons (Fsp3) is 0.364. The molecule has 0 fully saturated rings. The average molecular weight is 228 g/mol. The lowest BCUT2D eigenvalue weighted by atomic mass is 10.1. The number of halogens is 1. The summed E-state index contributed by atoms with van der Waals surface area (Å²) < 4.78 is 5.18. The maximum atomic E-state index is 11.6. The van der Waals surface area contributed by atoms with E-state index in [-0.39, 0.29) is 0 Å². The number of rotatable bonds is 1. The van der Waals surface area contributed by atoms with Crippen LogP contribution in [0.2, 0.25) is 5.02 Å². The molecule has 1 aromatic carbocycles. The zero-order valence-electron chi connectivity index (χ0n) is 9.00. The Bertz CT molecular complexity index is 383. The molecular weight excluding hydrogens is 214 g/mol. The quantitative estimate of drug-likeness (QED) is 0.593. The summed E-state index contributed by atoms with van der Waals surface area (Å²) >= 11 is 5.72. The monoisotopic (exact) mass is 227 g/mol. The molecule has 15 heavy (non-hydrogen) atoms. The highest BCUT2D eigenvalue weighted by molar-refractivity contribution is 6.31. The third-order valence-corrected chi connectivity index (χ3v) is 1.87. The van der Waals surface area contributed by atoms with E-state index in [1.807, 2.05) is 0 Å². The third-order valence-electron chi connectivity index (χ3n) is 1.63. The number of esters is 1. The number of carbonyl (C=O) groups excluding carboxylic acids is 1. The molecule has 3 nitrogen and oxygen atoms in total. The molecule has 0 saturated heterocycles. The molecule has 0 aliphatic heterocycles. The second-order valence-electron chi connectivity index (χ2n) is 4.23. The number of hydrogen-bond donors (Lipinski definition) is 1. The molecule has 0 radical (unpaired) electrons. The van der Waals surface area contributed by atoms with Crippen molar-refractivity contribution >= 4 is 23.3 Å². The third kappa shape index (κ3) is 3.44. The lowest BCUT2D eigenvalue weighted by molar-refractivity contribution is 0.00708. The summed E-state index contributed by atoms with van der Waals surface area (Å²) in [6, 6.07) is 4.70. The van der Waals surface area contributed by atoms with Gasteiger partial charge in [-0.25, -0.2) is 4.79 Å². The molecule has 0 saturated carbocycles. The normalized spacial score (nSPS) is 11.2. The molecule has 0 spiro atoms. The van der Waals surface area contributed by atoms with Crippen LogP contribution in [-0.4, -0.2) is 11.6 Å². The minimum absolute atomic E-state index is 0.330. The number of hydrogen-bond acceptors (Lipinski definition) is 3. The van der Waals surface area contributed by atoms with Gasteiger partial charge in [0.1, 0.15) is 5.60 Å². The Kier molecular flexibility index (Phi) is 3.25. The second kappa shape index (κ2) is 4.11. The maximum absolute atomic E-state index is 11.6. The van der Waals surface area contributed by atoms with Crippen molar-refractivity contribution in [1.29, 1.82) is 0 Å². The minimum atomic E-state index is -0.525. The molecule has 0 aromatic heterocycles. The van der Waals surface area contributed by atoms with Crippen LogP contribution in [0.15, 0.2) is 18.2 Å². The van der Waals surface area contributed by atoms with Crippen LogP contribution in [0.25, 0.3) is 0 Å². The molecule has 82 valence electrons. The predicted molar refractivity (Wildman–Crippen MR) is 61.0 cm³/mol. The van der Waals surface area contributed by atoms with Gasteiger partial charge in [0.25, 0.3) is 0 Å². The Hall–Kier alpha value is -1.22. The fourth-order valence-corrected chi connectivity index (χ4v) is 1.23. The zero-order chi connectivity index (χ0) is 11.6. The SMILES string of the molecule is CC(C)(C)OC(=O)c1ccc(Cl)cc1N. The van der Waals surface area contributed by atoms with Gasteiger partial charge in [0.15, 0.2) is 0 Å². The Morgan fingerprint density at radius 1 is 1.40 bits per heavy atom. The first-order chi connectivity index (χ1) is 6.79. The van der Waals surface area contributed by atoms with Gasteiger partial charge in [0.2, 0.25) is 0 Å². The van der Waals surface area contributed by atoms with Crippen LogP contribution in [-0.2, 0) is 4.74 Å². The van der Waals surface area contributed by atoms with E-state index in [1.54, 1.807) is 32.9 Å². The lowest BCUT2D eigenvalue weighted by Crippen LogP contribution is -2.24. The van der Waals surface area contributed by atoms with E-state index in [0.717, 1.165) is 0 Å². The molecular formula is C11H14ClNO2. The first-order valence-electron chi connectivity index (χ1n) is 4.58. The summed E-state index contributed by atoms with van der Waals surface area (Å²) in [5, 5.41) is 0.500. The summed E-state index contributed by atoms with van der Waals surface area (Å²) in [5.41, 5.74) is 5.80. The van der Waals surface area contributed by atoms with Gasteiger partial charge >= 0.3 is 5.97 Å². The Labute approximate surface area is 94.2 Å². The fourth-order valence-electron chi connectivity index (χ4n) is 1.05. The molecule has 0 amide bonds. The molecule has 2 N–H and O–H groups in total. The van der Waals surface area contributed by atoms with Crippen molar-refractivity contribution in [2.75, 3.05) is 5.73 Å². The smallest absolute Gasteiger partial charge is 0.340 e. The largest absolute Gasteiger partial charge is 0.456 e. The predicted octanol–water partition coefficient (Wildman–Crippen LogP) is 2.88. The van der Waals surface area contributed by atoms with E-state index in [0.29, 0.717) is 16.3 Å². The van der Waals surface area contributed by atoms with Crippen LogP contribution in [0.1, 0.15) is 31.1 Å². The number of ether oxygens (including phenoxy) is 1. The van der Waals surface area contributed by atoms with E-state index in [9.17, 15) is 4.79 Å². The molecule has 0 atom stereocenters. The van der Waals surface area contributed by atoms with Gasteiger partial charge in [0, 0.05) is 10.7 Å². The van der Waals surface area contributed by atoms with Crippen LogP contribution in [0, 0.1) is 0 Å². The van der Waals surface area contributed by atoms with Gasteiger partial charge in [-0.3, -0.25) is 0 Å². The molecule has 4 heteroatoms. The van der Waals surface area contributed by atoms with Gasteiger partial charge in [-0.2, -0.15) is 0 Å². The summed E-state index contributed by atoms with van der Waals surface area (Å²) in [4.78, 5) is 11.6. The van der Waals surface area contributed by atoms with Crippen LogP contribution >= 0.6 is 11.6 Å². The molecule has 0 bridgehead atoms. The molecule has 0 aliphatic carbocycles. The lowest BCUT2D eigenvalue weighted by Gasteiger charge is -2.20. The van der Waals surface area contributed by atoms with Crippen molar-refractivity contribution in [3.63, 3.8) is 0 Å². The molecule has 0 unspecified atom stereocenters. The average Bonchev–Trinajstić information content (AvgIpc) is 1.99. The van der Waals surface area contributed by atoms with Crippen LogP contribution < -0.4 is 5.73 Å². The van der Waals surface area contributed by atoms with Crippen molar-refractivity contribution in [2.45, 2.75) is 26.4 Å². The Balaban J connectivity index is 2.92. The summed E-state index contributed by atoms with van der Waals surface area (Å²) in [5.74, 6) is -0.434. The maximum Gasteiger partial charge on any atom is 0.340 e. The van der Waals surface area contributed by atoms with Gasteiger partial charge in [0.05, 0.1) is 5.56 Å². The van der Waals surface area contributed by atoms with E-state index in [4.69, 9.17) is 22.1 Å². The number of nitrogen functional groups attached to an aromatic ring is 1. The van der Waals surface area contributed by atoms with E-state index in [2.05, 4.69) is 0 Å². The van der Waals surface area contributed by atoms with Gasteiger partial charge in [-0.1, -0.05) is 11.6 Å². The summed E-state index contributed by atoms with van der Waals surface area (Å²) in [6.07, 6.45) is 0. The van der Waals surface area contributed by atoms with Crippen LogP contribution in [0.5, 0.6) is 0 Å². The van der Waals surface area contributed by atoms with Crippen molar-refractivity contribution < 1.29 is 9.53 Å². The molecule has 1 rings (SSSR count). The first-order valence-corrected chi connectivity index (χ1v) is 4.96. The van der Waals surface area contributed by atoms with Crippen LogP contribution in [0.3, 0.4) is 0 Å². The van der Waals surface area contributed by atoms with Gasteiger partial charge < -0.3 is 10.5 Å². The number of carbonyl (C=O) groups is 1. The standard InChI is InChI=1S/C11H14ClNO2/c1-11(2,3)15-10(14)8-5-4-7(12)6-9(8)13/h4-6H,13H2,1-3H3. The second-order valence-corrected chi connectivity index (χ2v) is 4.67. The van der Waals surface area contributed by atoms with Gasteiger partial charge in [-0.05, 0) is 39.0 Å². The highest BCUT2D eigenvalue weighted by Gasteiger charge is 2.19.